The third-order valence-electron chi connectivity index (χ3n) is 3.90. The van der Waals surface area contributed by atoms with Gasteiger partial charge >= 0.3 is 0 Å². The second-order valence-corrected chi connectivity index (χ2v) is 5.91. The van der Waals surface area contributed by atoms with Crippen molar-refractivity contribution in [2.45, 2.75) is 27.7 Å². The van der Waals surface area contributed by atoms with Crippen molar-refractivity contribution in [1.82, 2.24) is 0 Å². The summed E-state index contributed by atoms with van der Waals surface area (Å²) in [5, 5.41) is 0. The first-order valence-electron chi connectivity index (χ1n) is 9.28. The van der Waals surface area contributed by atoms with Crippen molar-refractivity contribution >= 4 is 5.78 Å². The number of ketones is 1. The average molecular weight is 393 g/mol. The van der Waals surface area contributed by atoms with Gasteiger partial charge < -0.3 is 9.47 Å². The Morgan fingerprint density at radius 1 is 0.759 bits per heavy atom. The van der Waals surface area contributed by atoms with Crippen LogP contribution in [-0.2, 0) is 14.3 Å². The maximum Gasteiger partial charge on any atom is 0.188 e. The molecule has 0 unspecified atom stereocenters. The summed E-state index contributed by atoms with van der Waals surface area (Å²) in [5.41, 5.74) is 2.30. The topological polar surface area (TPSA) is 35.5 Å². The van der Waals surface area contributed by atoms with Crippen LogP contribution in [0.5, 0.6) is 0 Å². The molecule has 0 radical (unpaired) electrons. The number of methoxy groups -OCH3 is 1. The Morgan fingerprint density at radius 2 is 1.28 bits per heavy atom. The molecule has 0 rings (SSSR count). The second-order valence-electron chi connectivity index (χ2n) is 5.91. The molecular formula is C26H32O3. The van der Waals surface area contributed by atoms with Crippen LogP contribution >= 0.6 is 0 Å². The molecule has 0 amide bonds. The van der Waals surface area contributed by atoms with Crippen molar-refractivity contribution in [2.24, 2.45) is 0 Å². The standard InChI is InChI=1S/C26H32O3/c1-9-20(6)14-16-22(10-2)26(27)21(7)15-17-24(12-4)29-25(13-5)19-18-23(11-3)28-8/h9-19H,3-5H2,1-2,6-8H3/b16-14-,20-9-,21-15+,22-10+,23-18+,24-17+,25-19+. The van der Waals surface area contributed by atoms with Crippen LogP contribution < -0.4 is 0 Å². The molecule has 0 aromatic carbocycles. The van der Waals surface area contributed by atoms with Crippen LogP contribution in [0.1, 0.15) is 27.7 Å². The van der Waals surface area contributed by atoms with E-state index in [0.29, 0.717) is 28.4 Å². The molecule has 154 valence electrons. The fraction of sp³-hybridized carbons (Fsp3) is 0.192. The van der Waals surface area contributed by atoms with E-state index in [2.05, 4.69) is 19.7 Å². The van der Waals surface area contributed by atoms with Gasteiger partial charge in [-0.15, -0.1) is 0 Å². The van der Waals surface area contributed by atoms with E-state index in [-0.39, 0.29) is 5.78 Å². The monoisotopic (exact) mass is 392 g/mol. The van der Waals surface area contributed by atoms with Crippen molar-refractivity contribution in [3.8, 4) is 0 Å². The lowest BCUT2D eigenvalue weighted by Gasteiger charge is -2.07. The van der Waals surface area contributed by atoms with Gasteiger partial charge in [0.15, 0.2) is 5.78 Å². The van der Waals surface area contributed by atoms with Gasteiger partial charge in [-0.2, -0.15) is 0 Å². The fourth-order valence-electron chi connectivity index (χ4n) is 1.94. The highest BCUT2D eigenvalue weighted by atomic mass is 16.5. The minimum absolute atomic E-state index is 0.0505. The van der Waals surface area contributed by atoms with Crippen LogP contribution in [-0.4, -0.2) is 12.9 Å². The third-order valence-corrected chi connectivity index (χ3v) is 3.90. The summed E-state index contributed by atoms with van der Waals surface area (Å²) in [4.78, 5) is 12.6. The van der Waals surface area contributed by atoms with Gasteiger partial charge in [0, 0.05) is 5.57 Å². The largest absolute Gasteiger partial charge is 0.497 e. The van der Waals surface area contributed by atoms with E-state index in [0.717, 1.165) is 5.57 Å². The molecule has 0 bridgehead atoms. The predicted molar refractivity (Wildman–Crippen MR) is 124 cm³/mol. The molecule has 3 nitrogen and oxygen atoms in total. The van der Waals surface area contributed by atoms with Gasteiger partial charge in [0.25, 0.3) is 0 Å². The first kappa shape index (κ1) is 25.7. The minimum atomic E-state index is -0.0505. The third kappa shape index (κ3) is 9.96. The molecule has 0 aliphatic heterocycles. The highest BCUT2D eigenvalue weighted by Gasteiger charge is 2.07. The molecule has 0 aliphatic rings. The normalized spacial score (nSPS) is 14.7. The Morgan fingerprint density at radius 3 is 1.72 bits per heavy atom. The first-order chi connectivity index (χ1) is 13.9. The van der Waals surface area contributed by atoms with Gasteiger partial charge in [0.2, 0.25) is 0 Å². The van der Waals surface area contributed by atoms with E-state index < -0.39 is 0 Å². The molecule has 0 N–H and O–H groups in total. The SMILES string of the molecule is C=C/C(=C\C=C(/C=C)O/C(C=C)=C/C=C(\C)C(=O)C(/C=C\C(C)=C/C)=C/C)OC. The molecule has 0 atom stereocenters. The Bertz CT molecular complexity index is 822. The van der Waals surface area contributed by atoms with Gasteiger partial charge in [0.1, 0.15) is 17.3 Å². The van der Waals surface area contributed by atoms with E-state index >= 15 is 0 Å². The number of rotatable bonds is 12. The van der Waals surface area contributed by atoms with Gasteiger partial charge in [0.05, 0.1) is 7.11 Å². The highest BCUT2D eigenvalue weighted by Crippen LogP contribution is 2.13. The molecule has 0 aromatic rings. The molecule has 0 saturated heterocycles. The zero-order valence-electron chi connectivity index (χ0n) is 18.2. The summed E-state index contributed by atoms with van der Waals surface area (Å²) in [6.07, 6.45) is 19.1. The number of Topliss-reactive ketones (excluding diaryl/α,β-unsaturated/α-hetero) is 1. The summed E-state index contributed by atoms with van der Waals surface area (Å²) < 4.78 is 10.9. The fourth-order valence-corrected chi connectivity index (χ4v) is 1.94. The summed E-state index contributed by atoms with van der Waals surface area (Å²) in [5.74, 6) is 1.53. The van der Waals surface area contributed by atoms with Gasteiger partial charge in [-0.3, -0.25) is 4.79 Å². The van der Waals surface area contributed by atoms with E-state index in [1.165, 1.54) is 0 Å². The van der Waals surface area contributed by atoms with Crippen LogP contribution in [0.25, 0.3) is 0 Å². The molecule has 0 saturated carbocycles. The predicted octanol–water partition coefficient (Wildman–Crippen LogP) is 6.84. The lowest BCUT2D eigenvalue weighted by Crippen LogP contribution is -2.02. The zero-order chi connectivity index (χ0) is 22.2. The summed E-state index contributed by atoms with van der Waals surface area (Å²) in [7, 11) is 1.56. The van der Waals surface area contributed by atoms with Crippen molar-refractivity contribution in [1.29, 1.82) is 0 Å². The molecule has 0 fully saturated rings. The van der Waals surface area contributed by atoms with Gasteiger partial charge in [-0.05, 0) is 69.7 Å². The number of carbonyl (C=O) groups is 1. The lowest BCUT2D eigenvalue weighted by atomic mass is 10.0. The molecule has 0 heterocycles. The Hall–Kier alpha value is -3.33. The zero-order valence-corrected chi connectivity index (χ0v) is 18.2. The van der Waals surface area contributed by atoms with Crippen molar-refractivity contribution in [2.75, 3.05) is 7.11 Å². The second kappa shape index (κ2) is 14.7. The van der Waals surface area contributed by atoms with Gasteiger partial charge in [-0.1, -0.05) is 55.7 Å². The Labute approximate surface area is 175 Å². The van der Waals surface area contributed by atoms with Crippen LogP contribution in [0.3, 0.4) is 0 Å². The van der Waals surface area contributed by atoms with E-state index in [1.54, 1.807) is 62.6 Å². The summed E-state index contributed by atoms with van der Waals surface area (Å²) in [6.45, 7) is 18.7. The van der Waals surface area contributed by atoms with Crippen molar-refractivity contribution in [3.63, 3.8) is 0 Å². The molecular weight excluding hydrogens is 360 g/mol. The first-order valence-corrected chi connectivity index (χ1v) is 9.28. The lowest BCUT2D eigenvalue weighted by molar-refractivity contribution is -0.111. The summed E-state index contributed by atoms with van der Waals surface area (Å²) in [6, 6.07) is 0. The van der Waals surface area contributed by atoms with E-state index in [9.17, 15) is 4.79 Å². The van der Waals surface area contributed by atoms with Crippen LogP contribution in [0.4, 0.5) is 0 Å². The number of carbonyl (C=O) groups excluding carboxylic acids is 1. The molecule has 29 heavy (non-hydrogen) atoms. The number of ether oxygens (including phenoxy) is 2. The van der Waals surface area contributed by atoms with Gasteiger partial charge in [-0.25, -0.2) is 0 Å². The van der Waals surface area contributed by atoms with Crippen LogP contribution in [0.15, 0.2) is 121 Å². The molecule has 0 aliphatic carbocycles. The quantitative estimate of drug-likeness (QED) is 0.207. The van der Waals surface area contributed by atoms with E-state index in [4.69, 9.17) is 9.47 Å². The van der Waals surface area contributed by atoms with Crippen LogP contribution in [0.2, 0.25) is 0 Å². The van der Waals surface area contributed by atoms with Crippen molar-refractivity contribution in [3.05, 3.63) is 121 Å². The molecule has 3 heteroatoms. The number of hydrogen-bond acceptors (Lipinski definition) is 3. The molecule has 0 spiro atoms. The van der Waals surface area contributed by atoms with Crippen molar-refractivity contribution < 1.29 is 14.3 Å². The highest BCUT2D eigenvalue weighted by molar-refractivity contribution is 6.09. The summed E-state index contributed by atoms with van der Waals surface area (Å²) >= 11 is 0. The number of hydrogen-bond donors (Lipinski definition) is 0. The molecule has 0 aromatic heterocycles. The maximum atomic E-state index is 12.6. The average Bonchev–Trinajstić information content (AvgIpc) is 2.75. The van der Waals surface area contributed by atoms with E-state index in [1.807, 2.05) is 39.0 Å². The Kier molecular flexibility index (Phi) is 13.0. The maximum absolute atomic E-state index is 12.6. The Balaban J connectivity index is 5.53. The van der Waals surface area contributed by atoms with Crippen LogP contribution in [0, 0.1) is 0 Å². The smallest absolute Gasteiger partial charge is 0.188 e. The number of allylic oxidation sites excluding steroid dienone is 14. The minimum Gasteiger partial charge on any atom is -0.497 e.